The highest BCUT2D eigenvalue weighted by molar-refractivity contribution is 6.34. The van der Waals surface area contributed by atoms with E-state index < -0.39 is 5.54 Å². The highest BCUT2D eigenvalue weighted by Gasteiger charge is 2.25. The summed E-state index contributed by atoms with van der Waals surface area (Å²) in [6.07, 6.45) is 0. The van der Waals surface area contributed by atoms with Gasteiger partial charge in [0.1, 0.15) is 0 Å². The van der Waals surface area contributed by atoms with Crippen molar-refractivity contribution >= 4 is 41.6 Å². The van der Waals surface area contributed by atoms with Crippen LogP contribution in [0.15, 0.2) is 18.2 Å². The van der Waals surface area contributed by atoms with Crippen LogP contribution in [0.3, 0.4) is 0 Å². The van der Waals surface area contributed by atoms with Crippen LogP contribution in [0.4, 0.5) is 10.5 Å². The van der Waals surface area contributed by atoms with Crippen LogP contribution in [0.2, 0.25) is 5.02 Å². The summed E-state index contributed by atoms with van der Waals surface area (Å²) in [4.78, 5) is 25.5. The second-order valence-electron chi connectivity index (χ2n) is 5.59. The smallest absolute Gasteiger partial charge is 0.322 e. The van der Waals surface area contributed by atoms with Crippen molar-refractivity contribution in [1.29, 1.82) is 0 Å². The predicted octanol–water partition coefficient (Wildman–Crippen LogP) is 1.76. The molecule has 0 spiro atoms. The monoisotopic (exact) mass is 346 g/mol. The molecule has 0 aromatic heterocycles. The summed E-state index contributed by atoms with van der Waals surface area (Å²) in [5, 5.41) is 5.98. The first-order chi connectivity index (χ1) is 9.84. The molecule has 6 nitrogen and oxygen atoms in total. The zero-order valence-electron chi connectivity index (χ0n) is 12.5. The lowest BCUT2D eigenvalue weighted by atomic mass is 10.0. The van der Waals surface area contributed by atoms with Gasteiger partial charge in [-0.2, -0.15) is 0 Å². The van der Waals surface area contributed by atoms with E-state index in [9.17, 15) is 9.59 Å². The minimum Gasteiger partial charge on any atom is -0.346 e. The topological polar surface area (TPSA) is 87.5 Å². The Morgan fingerprint density at radius 3 is 2.73 bits per heavy atom. The minimum absolute atomic E-state index is 0. The summed E-state index contributed by atoms with van der Waals surface area (Å²) in [7, 11) is 0. The van der Waals surface area contributed by atoms with E-state index in [4.69, 9.17) is 17.3 Å². The van der Waals surface area contributed by atoms with Gasteiger partial charge >= 0.3 is 6.03 Å². The lowest BCUT2D eigenvalue weighted by molar-refractivity contribution is 0.0915. The van der Waals surface area contributed by atoms with Gasteiger partial charge in [-0.3, -0.25) is 9.69 Å². The van der Waals surface area contributed by atoms with Gasteiger partial charge in [-0.1, -0.05) is 11.6 Å². The third-order valence-corrected chi connectivity index (χ3v) is 3.64. The number of carbonyl (C=O) groups is 2. The quantitative estimate of drug-likeness (QED) is 0.776. The van der Waals surface area contributed by atoms with Crippen molar-refractivity contribution in [3.05, 3.63) is 28.8 Å². The van der Waals surface area contributed by atoms with Crippen molar-refractivity contribution in [2.45, 2.75) is 19.4 Å². The molecule has 1 aromatic rings. The van der Waals surface area contributed by atoms with Crippen molar-refractivity contribution in [2.75, 3.05) is 24.5 Å². The number of carbonyl (C=O) groups excluding carboxylic acids is 2. The molecule has 1 fully saturated rings. The van der Waals surface area contributed by atoms with Crippen LogP contribution in [0.25, 0.3) is 0 Å². The molecule has 0 saturated carbocycles. The van der Waals surface area contributed by atoms with E-state index in [0.29, 0.717) is 35.9 Å². The van der Waals surface area contributed by atoms with Crippen LogP contribution in [0.5, 0.6) is 0 Å². The van der Waals surface area contributed by atoms with Crippen molar-refractivity contribution < 1.29 is 9.59 Å². The molecule has 1 saturated heterocycles. The average molecular weight is 347 g/mol. The van der Waals surface area contributed by atoms with Crippen LogP contribution in [-0.2, 0) is 0 Å². The van der Waals surface area contributed by atoms with E-state index in [0.717, 1.165) is 0 Å². The fraction of sp³-hybridized carbons (Fsp3) is 0.429. The Labute approximate surface area is 140 Å². The number of benzene rings is 1. The molecule has 122 valence electrons. The second-order valence-corrected chi connectivity index (χ2v) is 6.00. The number of halogens is 2. The molecule has 2 rings (SSSR count). The van der Waals surface area contributed by atoms with Gasteiger partial charge in [0.15, 0.2) is 0 Å². The maximum absolute atomic E-state index is 12.3. The summed E-state index contributed by atoms with van der Waals surface area (Å²) in [5.41, 5.74) is 6.08. The number of hydrogen-bond acceptors (Lipinski definition) is 3. The molecule has 8 heteroatoms. The third-order valence-electron chi connectivity index (χ3n) is 3.32. The standard InChI is InChI=1S/C14H19ClN4O2.ClH/c1-14(2,8-16)18-12(20)9-3-4-10(15)11(7-9)19-6-5-17-13(19)21;/h3-4,7H,5-6,8,16H2,1-2H3,(H,17,21)(H,18,20);1H. The molecule has 3 amide bonds. The van der Waals surface area contributed by atoms with Gasteiger partial charge in [-0.25, -0.2) is 4.79 Å². The Hall–Kier alpha value is -1.50. The first kappa shape index (κ1) is 18.5. The fourth-order valence-electron chi connectivity index (χ4n) is 1.99. The molecule has 4 N–H and O–H groups in total. The first-order valence-electron chi connectivity index (χ1n) is 6.71. The van der Waals surface area contributed by atoms with Crippen LogP contribution >= 0.6 is 24.0 Å². The van der Waals surface area contributed by atoms with Crippen molar-refractivity contribution in [3.8, 4) is 0 Å². The van der Waals surface area contributed by atoms with Gasteiger partial charge in [-0.15, -0.1) is 12.4 Å². The Balaban J connectivity index is 0.00000242. The molecule has 0 bridgehead atoms. The number of nitrogens with one attached hydrogen (secondary N) is 2. The lowest BCUT2D eigenvalue weighted by Gasteiger charge is -2.24. The highest BCUT2D eigenvalue weighted by Crippen LogP contribution is 2.28. The molecule has 1 aliphatic heterocycles. The number of anilines is 1. The van der Waals surface area contributed by atoms with E-state index in [1.165, 1.54) is 4.90 Å². The van der Waals surface area contributed by atoms with Crippen molar-refractivity contribution in [2.24, 2.45) is 5.73 Å². The van der Waals surface area contributed by atoms with E-state index in [1.54, 1.807) is 18.2 Å². The zero-order chi connectivity index (χ0) is 15.6. The Kier molecular flexibility index (Phi) is 6.05. The molecule has 0 radical (unpaired) electrons. The van der Waals surface area contributed by atoms with Gasteiger partial charge < -0.3 is 16.4 Å². The molecule has 0 aliphatic carbocycles. The van der Waals surface area contributed by atoms with E-state index in [2.05, 4.69) is 10.6 Å². The predicted molar refractivity (Wildman–Crippen MR) is 90.0 cm³/mol. The van der Waals surface area contributed by atoms with Crippen LogP contribution in [-0.4, -0.2) is 37.1 Å². The largest absolute Gasteiger partial charge is 0.346 e. The highest BCUT2D eigenvalue weighted by atomic mass is 35.5. The van der Waals surface area contributed by atoms with E-state index in [-0.39, 0.29) is 24.3 Å². The number of nitrogens with two attached hydrogens (primary N) is 1. The van der Waals surface area contributed by atoms with Crippen molar-refractivity contribution in [1.82, 2.24) is 10.6 Å². The van der Waals surface area contributed by atoms with Crippen molar-refractivity contribution in [3.63, 3.8) is 0 Å². The molecular weight excluding hydrogens is 327 g/mol. The fourth-order valence-corrected chi connectivity index (χ4v) is 2.21. The number of nitrogens with zero attached hydrogens (tertiary/aromatic N) is 1. The molecule has 1 heterocycles. The molecule has 0 atom stereocenters. The van der Waals surface area contributed by atoms with Crippen LogP contribution < -0.4 is 21.3 Å². The molecule has 22 heavy (non-hydrogen) atoms. The SMILES string of the molecule is CC(C)(CN)NC(=O)c1ccc(Cl)c(N2CCNC2=O)c1.Cl. The molecule has 1 aliphatic rings. The Morgan fingerprint density at radius 2 is 2.18 bits per heavy atom. The summed E-state index contributed by atoms with van der Waals surface area (Å²) < 4.78 is 0. The van der Waals surface area contributed by atoms with Gasteiger partial charge in [0, 0.05) is 30.7 Å². The van der Waals surface area contributed by atoms with Crippen LogP contribution in [0.1, 0.15) is 24.2 Å². The van der Waals surface area contributed by atoms with Crippen LogP contribution in [0, 0.1) is 0 Å². The Morgan fingerprint density at radius 1 is 1.50 bits per heavy atom. The average Bonchev–Trinajstić information content (AvgIpc) is 2.85. The normalized spacial score (nSPS) is 14.4. The van der Waals surface area contributed by atoms with Gasteiger partial charge in [-0.05, 0) is 32.0 Å². The summed E-state index contributed by atoms with van der Waals surface area (Å²) in [5.74, 6) is -0.247. The van der Waals surface area contributed by atoms with Gasteiger partial charge in [0.25, 0.3) is 5.91 Å². The second kappa shape index (κ2) is 7.17. The Bertz CT molecular complexity index is 578. The first-order valence-corrected chi connectivity index (χ1v) is 7.09. The van der Waals surface area contributed by atoms with Gasteiger partial charge in [0.05, 0.1) is 10.7 Å². The third kappa shape index (κ3) is 4.03. The van der Waals surface area contributed by atoms with Gasteiger partial charge in [0.2, 0.25) is 0 Å². The summed E-state index contributed by atoms with van der Waals surface area (Å²) in [6.45, 7) is 5.10. The number of urea groups is 1. The van der Waals surface area contributed by atoms with E-state index >= 15 is 0 Å². The summed E-state index contributed by atoms with van der Waals surface area (Å²) >= 11 is 6.13. The lowest BCUT2D eigenvalue weighted by Crippen LogP contribution is -2.48. The minimum atomic E-state index is -0.498. The maximum atomic E-state index is 12.3. The number of rotatable bonds is 4. The van der Waals surface area contributed by atoms with E-state index in [1.807, 2.05) is 13.8 Å². The number of hydrogen-bond donors (Lipinski definition) is 3. The molecule has 0 unspecified atom stereocenters. The molecule has 1 aromatic carbocycles. The number of amides is 3. The summed E-state index contributed by atoms with van der Waals surface area (Å²) in [6, 6.07) is 4.65. The zero-order valence-corrected chi connectivity index (χ0v) is 14.1. The molecular formula is C14H20Cl2N4O2. The maximum Gasteiger partial charge on any atom is 0.322 e.